The lowest BCUT2D eigenvalue weighted by atomic mass is 9.94. The second-order valence-corrected chi connectivity index (χ2v) is 6.57. The predicted octanol–water partition coefficient (Wildman–Crippen LogP) is 3.39. The molecule has 1 amide bonds. The van der Waals surface area contributed by atoms with E-state index in [4.69, 9.17) is 4.74 Å². The predicted molar refractivity (Wildman–Crippen MR) is 83.8 cm³/mol. The van der Waals surface area contributed by atoms with E-state index in [9.17, 15) is 9.59 Å². The number of hydrogen-bond acceptors (Lipinski definition) is 3. The average Bonchev–Trinajstić information content (AvgIpc) is 2.43. The first kappa shape index (κ1) is 18.0. The molecule has 0 bridgehead atoms. The van der Waals surface area contributed by atoms with Crippen molar-refractivity contribution in [3.8, 4) is 0 Å². The van der Waals surface area contributed by atoms with Gasteiger partial charge in [0, 0.05) is 18.5 Å². The van der Waals surface area contributed by atoms with Crippen LogP contribution in [0, 0.1) is 11.8 Å². The van der Waals surface area contributed by atoms with Crippen LogP contribution >= 0.6 is 0 Å². The summed E-state index contributed by atoms with van der Waals surface area (Å²) in [5.74, 6) is -0.359. The Labute approximate surface area is 129 Å². The minimum Gasteiger partial charge on any atom is -0.469 e. The van der Waals surface area contributed by atoms with Crippen molar-refractivity contribution >= 4 is 11.9 Å². The summed E-state index contributed by atoms with van der Waals surface area (Å²) >= 11 is 0. The highest BCUT2D eigenvalue weighted by Gasteiger charge is 2.29. The van der Waals surface area contributed by atoms with Crippen molar-refractivity contribution in [3.63, 3.8) is 0 Å². The van der Waals surface area contributed by atoms with E-state index in [0.29, 0.717) is 6.54 Å². The maximum Gasteiger partial charge on any atom is 0.310 e. The van der Waals surface area contributed by atoms with Crippen LogP contribution in [0.3, 0.4) is 0 Å². The monoisotopic (exact) mass is 297 g/mol. The van der Waals surface area contributed by atoms with Gasteiger partial charge < -0.3 is 9.64 Å². The number of hydrogen-bond donors (Lipinski definition) is 0. The van der Waals surface area contributed by atoms with Crippen molar-refractivity contribution in [1.82, 2.24) is 4.90 Å². The molecule has 0 aromatic heterocycles. The molecule has 4 heteroatoms. The van der Waals surface area contributed by atoms with Gasteiger partial charge in [0.25, 0.3) is 0 Å². The summed E-state index contributed by atoms with van der Waals surface area (Å²) in [7, 11) is 1.41. The molecule has 122 valence electrons. The van der Waals surface area contributed by atoms with Crippen LogP contribution in [0.25, 0.3) is 0 Å². The molecular weight excluding hydrogens is 266 g/mol. The highest BCUT2D eigenvalue weighted by Crippen LogP contribution is 2.24. The summed E-state index contributed by atoms with van der Waals surface area (Å²) in [4.78, 5) is 26.2. The van der Waals surface area contributed by atoms with E-state index in [1.54, 1.807) is 0 Å². The molecule has 0 heterocycles. The van der Waals surface area contributed by atoms with Crippen LogP contribution < -0.4 is 0 Å². The van der Waals surface area contributed by atoms with E-state index in [2.05, 4.69) is 0 Å². The number of carbonyl (C=O) groups excluding carboxylic acids is 2. The van der Waals surface area contributed by atoms with Gasteiger partial charge in [-0.05, 0) is 12.8 Å². The van der Waals surface area contributed by atoms with Gasteiger partial charge in [-0.3, -0.25) is 9.59 Å². The lowest BCUT2D eigenvalue weighted by Crippen LogP contribution is -2.46. The highest BCUT2D eigenvalue weighted by molar-refractivity contribution is 5.79. The number of methoxy groups -OCH3 is 1. The van der Waals surface area contributed by atoms with Crippen LogP contribution in [0.2, 0.25) is 0 Å². The third-order valence-electron chi connectivity index (χ3n) is 4.37. The van der Waals surface area contributed by atoms with E-state index < -0.39 is 0 Å². The lowest BCUT2D eigenvalue weighted by Gasteiger charge is -2.35. The fourth-order valence-corrected chi connectivity index (χ4v) is 3.07. The molecule has 0 N–H and O–H groups in total. The fourth-order valence-electron chi connectivity index (χ4n) is 3.07. The van der Waals surface area contributed by atoms with Gasteiger partial charge in [0.05, 0.1) is 13.0 Å². The molecule has 1 rings (SSSR count). The number of amides is 1. The van der Waals surface area contributed by atoms with Crippen LogP contribution in [0.4, 0.5) is 0 Å². The molecule has 0 aromatic carbocycles. The van der Waals surface area contributed by atoms with E-state index in [1.807, 2.05) is 25.7 Å². The molecule has 21 heavy (non-hydrogen) atoms. The molecule has 4 nitrogen and oxygen atoms in total. The Morgan fingerprint density at radius 1 is 1.05 bits per heavy atom. The molecule has 1 unspecified atom stereocenters. The fraction of sp³-hybridized carbons (Fsp3) is 0.882. The average molecular weight is 297 g/mol. The number of nitrogens with zero attached hydrogens (tertiary/aromatic N) is 1. The summed E-state index contributed by atoms with van der Waals surface area (Å²) in [5, 5.41) is 0. The largest absolute Gasteiger partial charge is 0.469 e. The first-order chi connectivity index (χ1) is 9.97. The van der Waals surface area contributed by atoms with Crippen molar-refractivity contribution in [3.05, 3.63) is 0 Å². The Kier molecular flexibility index (Phi) is 7.76. The molecule has 1 atom stereocenters. The minimum absolute atomic E-state index is 0.0275. The van der Waals surface area contributed by atoms with Gasteiger partial charge in [0.1, 0.15) is 0 Å². The maximum absolute atomic E-state index is 12.6. The number of esters is 1. The Morgan fingerprint density at radius 3 is 2.05 bits per heavy atom. The Hall–Kier alpha value is -1.06. The molecule has 0 aliphatic heterocycles. The number of carbonyl (C=O) groups is 2. The summed E-state index contributed by atoms with van der Waals surface area (Å²) < 4.78 is 4.81. The molecule has 0 radical (unpaired) electrons. The van der Waals surface area contributed by atoms with Gasteiger partial charge in [-0.25, -0.2) is 0 Å². The zero-order chi connectivity index (χ0) is 15.8. The topological polar surface area (TPSA) is 46.6 Å². The van der Waals surface area contributed by atoms with Crippen LogP contribution in [0.1, 0.15) is 65.7 Å². The SMILES string of the molecule is COC(=O)C(C)CN(C(=O)C(C)C)C1CCCCCCC1. The number of ether oxygens (including phenoxy) is 1. The third kappa shape index (κ3) is 5.68. The van der Waals surface area contributed by atoms with E-state index in [1.165, 1.54) is 39.2 Å². The molecular formula is C17H31NO3. The van der Waals surface area contributed by atoms with Gasteiger partial charge in [0.2, 0.25) is 5.91 Å². The quantitative estimate of drug-likeness (QED) is 0.731. The summed E-state index contributed by atoms with van der Waals surface area (Å²) in [6, 6.07) is 0.285. The molecule has 0 aromatic rings. The van der Waals surface area contributed by atoms with E-state index in [0.717, 1.165) is 12.8 Å². The normalized spacial score (nSPS) is 18.7. The van der Waals surface area contributed by atoms with Crippen molar-refractivity contribution in [2.24, 2.45) is 11.8 Å². The first-order valence-electron chi connectivity index (χ1n) is 8.35. The molecule has 1 saturated carbocycles. The third-order valence-corrected chi connectivity index (χ3v) is 4.37. The maximum atomic E-state index is 12.6. The standard InChI is InChI=1S/C17H31NO3/c1-13(2)16(19)18(12-14(3)17(20)21-4)15-10-8-6-5-7-9-11-15/h13-15H,5-12H2,1-4H3. The second-order valence-electron chi connectivity index (χ2n) is 6.57. The van der Waals surface area contributed by atoms with Crippen molar-refractivity contribution in [2.45, 2.75) is 71.8 Å². The van der Waals surface area contributed by atoms with Crippen molar-refractivity contribution in [2.75, 3.05) is 13.7 Å². The van der Waals surface area contributed by atoms with Gasteiger partial charge in [-0.15, -0.1) is 0 Å². The molecule has 0 spiro atoms. The van der Waals surface area contributed by atoms with Crippen molar-refractivity contribution in [1.29, 1.82) is 0 Å². The first-order valence-corrected chi connectivity index (χ1v) is 8.35. The lowest BCUT2D eigenvalue weighted by molar-refractivity contribution is -0.148. The van der Waals surface area contributed by atoms with Gasteiger partial charge >= 0.3 is 5.97 Å². The molecule has 1 aliphatic carbocycles. The Morgan fingerprint density at radius 2 is 1.57 bits per heavy atom. The molecule has 0 saturated heterocycles. The highest BCUT2D eigenvalue weighted by atomic mass is 16.5. The molecule has 1 aliphatic rings. The van der Waals surface area contributed by atoms with Crippen LogP contribution in [-0.4, -0.2) is 36.5 Å². The summed E-state index contributed by atoms with van der Waals surface area (Å²) in [6.07, 6.45) is 8.31. The Balaban J connectivity index is 2.79. The van der Waals surface area contributed by atoms with Crippen LogP contribution in [0.5, 0.6) is 0 Å². The smallest absolute Gasteiger partial charge is 0.310 e. The number of rotatable bonds is 5. The van der Waals surface area contributed by atoms with Gasteiger partial charge in [-0.2, -0.15) is 0 Å². The minimum atomic E-state index is -0.261. The zero-order valence-corrected chi connectivity index (χ0v) is 14.1. The summed E-state index contributed by atoms with van der Waals surface area (Å²) in [6.45, 7) is 6.19. The Bertz CT molecular complexity index is 333. The van der Waals surface area contributed by atoms with Crippen LogP contribution in [0.15, 0.2) is 0 Å². The van der Waals surface area contributed by atoms with Gasteiger partial charge in [0.15, 0.2) is 0 Å². The van der Waals surface area contributed by atoms with Crippen LogP contribution in [-0.2, 0) is 14.3 Å². The van der Waals surface area contributed by atoms with Crippen molar-refractivity contribution < 1.29 is 14.3 Å². The van der Waals surface area contributed by atoms with Gasteiger partial charge in [-0.1, -0.05) is 52.9 Å². The molecule has 1 fully saturated rings. The van der Waals surface area contributed by atoms with E-state index >= 15 is 0 Å². The van der Waals surface area contributed by atoms with E-state index in [-0.39, 0.29) is 29.8 Å². The summed E-state index contributed by atoms with van der Waals surface area (Å²) in [5.41, 5.74) is 0. The zero-order valence-electron chi connectivity index (χ0n) is 14.1. The second kappa shape index (κ2) is 9.06.